The highest BCUT2D eigenvalue weighted by molar-refractivity contribution is 7.90. The lowest BCUT2D eigenvalue weighted by atomic mass is 10.0. The van der Waals surface area contributed by atoms with Crippen molar-refractivity contribution in [3.63, 3.8) is 0 Å². The van der Waals surface area contributed by atoms with Gasteiger partial charge in [0.1, 0.15) is 0 Å². The van der Waals surface area contributed by atoms with Crippen molar-refractivity contribution in [2.24, 2.45) is 15.9 Å². The first-order valence-electron chi connectivity index (χ1n) is 10.8. The number of halogens is 1. The maximum atomic E-state index is 12.5. The molecule has 1 amide bonds. The van der Waals surface area contributed by atoms with Crippen molar-refractivity contribution < 1.29 is 46.7 Å². The lowest BCUT2D eigenvalue weighted by Crippen LogP contribution is -2.68. The van der Waals surface area contributed by atoms with Crippen molar-refractivity contribution in [3.8, 4) is 0 Å². The molecule has 0 atom stereocenters. The van der Waals surface area contributed by atoms with Crippen molar-refractivity contribution in [1.29, 1.82) is 0 Å². The van der Waals surface area contributed by atoms with Crippen molar-refractivity contribution >= 4 is 27.6 Å². The van der Waals surface area contributed by atoms with E-state index in [9.17, 15) is 13.2 Å². The second-order valence-corrected chi connectivity index (χ2v) is 10.9. The van der Waals surface area contributed by atoms with Crippen molar-refractivity contribution in [1.82, 2.24) is 0 Å². The third-order valence-electron chi connectivity index (χ3n) is 4.78. The lowest BCUT2D eigenvalue weighted by Gasteiger charge is -2.17. The number of carbonyl (C=O) groups excluding carboxylic acids is 1. The van der Waals surface area contributed by atoms with E-state index >= 15 is 0 Å². The number of sulfonamides is 1. The van der Waals surface area contributed by atoms with E-state index in [1.807, 2.05) is 0 Å². The van der Waals surface area contributed by atoms with Gasteiger partial charge in [-0.05, 0) is 36.8 Å². The number of nitrogens with two attached hydrogens (primary N) is 2. The minimum absolute atomic E-state index is 0.0581. The molecule has 0 unspecified atom stereocenters. The van der Waals surface area contributed by atoms with Gasteiger partial charge in [0.25, 0.3) is 10.0 Å². The topological polar surface area (TPSA) is 224 Å². The predicted molar refractivity (Wildman–Crippen MR) is 122 cm³/mol. The van der Waals surface area contributed by atoms with Crippen molar-refractivity contribution in [2.75, 3.05) is 5.32 Å². The van der Waals surface area contributed by atoms with Crippen LogP contribution in [0.3, 0.4) is 0 Å². The van der Waals surface area contributed by atoms with E-state index in [-0.39, 0.29) is 10.8 Å². The number of pyridine rings is 1. The highest BCUT2D eigenvalue weighted by Gasteiger charge is 2.23. The average Bonchev–Trinajstić information content (AvgIpc) is 2.70. The predicted octanol–water partition coefficient (Wildman–Crippen LogP) is -2.24. The summed E-state index contributed by atoms with van der Waals surface area (Å²) >= 11 is 0. The monoisotopic (exact) mass is 545 g/mol. The Hall–Kier alpha value is -2.81. The fourth-order valence-corrected chi connectivity index (χ4v) is 4.23. The molecule has 0 bridgehead atoms. The first-order chi connectivity index (χ1) is 16.4. The molecule has 5 N–H and O–H groups in total. The van der Waals surface area contributed by atoms with Crippen LogP contribution in [0, 0.1) is 17.2 Å². The molecule has 0 aliphatic rings. The summed E-state index contributed by atoms with van der Waals surface area (Å²) in [6, 6.07) is 10.0. The summed E-state index contributed by atoms with van der Waals surface area (Å²) in [6.07, 6.45) is 0.293. The quantitative estimate of drug-likeness (QED) is 0.185. The van der Waals surface area contributed by atoms with Crippen molar-refractivity contribution in [3.05, 3.63) is 53.3 Å². The fourth-order valence-electron chi connectivity index (χ4n) is 3.37. The standard InChI is InChI=1S/C22H31N5O3S.ClHO4/c1-14(2)19-12-16(5)13-20(15(3)4)27(19)11-10-21(28)25-17-6-8-18(9-7-17)31(29,30)26-22(23)24;2-1(3,4)5/h6-9,12-15H,10-11H2,1-5H3,(H4-,23,24,25,26,28);(H,2,3,4,5). The van der Waals surface area contributed by atoms with Crippen LogP contribution in [0.25, 0.3) is 0 Å². The van der Waals surface area contributed by atoms with Crippen LogP contribution in [0.1, 0.15) is 62.9 Å². The molecular weight excluding hydrogens is 514 g/mol. The maximum absolute atomic E-state index is 12.5. The van der Waals surface area contributed by atoms with Gasteiger partial charge in [-0.15, -0.1) is 14.6 Å². The molecule has 0 saturated heterocycles. The number of aryl methyl sites for hydroxylation is 1. The summed E-state index contributed by atoms with van der Waals surface area (Å²) in [5.74, 6) is -0.0230. The Morgan fingerprint density at radius 3 is 1.83 bits per heavy atom. The highest BCUT2D eigenvalue weighted by atomic mass is 35.7. The lowest BCUT2D eigenvalue weighted by molar-refractivity contribution is -2.00. The fraction of sp³-hybridized carbons (Fsp3) is 0.409. The number of anilines is 1. The Bertz CT molecular complexity index is 1140. The third kappa shape index (κ3) is 10.8. The number of nitrogens with zero attached hydrogens (tertiary/aromatic N) is 2. The molecule has 1 aromatic carbocycles. The van der Waals surface area contributed by atoms with Crippen LogP contribution in [0.5, 0.6) is 0 Å². The molecule has 0 aliphatic carbocycles. The molecule has 0 aliphatic heterocycles. The van der Waals surface area contributed by atoms with E-state index in [0.29, 0.717) is 30.5 Å². The summed E-state index contributed by atoms with van der Waals surface area (Å²) in [4.78, 5) is 12.5. The van der Waals surface area contributed by atoms with Gasteiger partial charge in [0.15, 0.2) is 17.9 Å². The van der Waals surface area contributed by atoms with E-state index in [2.05, 4.69) is 61.0 Å². The molecular formula is C22H32ClN5O7S. The van der Waals surface area contributed by atoms with Crippen LogP contribution in [0.2, 0.25) is 0 Å². The van der Waals surface area contributed by atoms with E-state index in [4.69, 9.17) is 30.1 Å². The average molecular weight is 546 g/mol. The number of carbonyl (C=O) groups is 1. The first-order valence-corrected chi connectivity index (χ1v) is 13.5. The van der Waals surface area contributed by atoms with Gasteiger partial charge in [-0.25, -0.2) is 18.6 Å². The molecule has 1 heterocycles. The third-order valence-corrected chi connectivity index (χ3v) is 6.10. The van der Waals surface area contributed by atoms with Gasteiger partial charge >= 0.3 is 0 Å². The Labute approximate surface area is 213 Å². The van der Waals surface area contributed by atoms with Gasteiger partial charge in [-0.3, -0.25) is 4.79 Å². The van der Waals surface area contributed by atoms with Gasteiger partial charge in [0, 0.05) is 29.7 Å². The summed E-state index contributed by atoms with van der Waals surface area (Å²) < 4.78 is 63.4. The Kier molecular flexibility index (Phi) is 11.2. The second-order valence-electron chi connectivity index (χ2n) is 8.54. The molecule has 2 rings (SSSR count). The first kappa shape index (κ1) is 31.2. The van der Waals surface area contributed by atoms with Gasteiger partial charge in [-0.1, -0.05) is 27.7 Å². The summed E-state index contributed by atoms with van der Waals surface area (Å²) in [6.45, 7) is 11.2. The second kappa shape index (κ2) is 12.9. The molecule has 0 spiro atoms. The zero-order valence-electron chi connectivity index (χ0n) is 20.7. The number of nitrogens with one attached hydrogen (secondary N) is 1. The number of benzene rings is 1. The van der Waals surface area contributed by atoms with Crippen LogP contribution < -0.4 is 40.0 Å². The van der Waals surface area contributed by atoms with Gasteiger partial charge in [0.2, 0.25) is 11.9 Å². The molecule has 12 nitrogen and oxygen atoms in total. The van der Waals surface area contributed by atoms with Gasteiger partial charge in [0.05, 0.1) is 11.3 Å². The molecule has 200 valence electrons. The van der Waals surface area contributed by atoms with E-state index in [1.165, 1.54) is 41.2 Å². The smallest absolute Gasteiger partial charge is 0.285 e. The summed E-state index contributed by atoms with van der Waals surface area (Å²) in [7, 11) is -8.90. The minimum Gasteiger partial charge on any atom is -0.369 e. The van der Waals surface area contributed by atoms with E-state index in [1.54, 1.807) is 0 Å². The zero-order valence-corrected chi connectivity index (χ0v) is 22.3. The molecule has 14 heteroatoms. The Morgan fingerprint density at radius 2 is 1.44 bits per heavy atom. The molecule has 36 heavy (non-hydrogen) atoms. The number of rotatable bonds is 8. The van der Waals surface area contributed by atoms with Gasteiger partial charge < -0.3 is 16.8 Å². The van der Waals surface area contributed by atoms with Crippen LogP contribution >= 0.6 is 0 Å². The Morgan fingerprint density at radius 1 is 1.00 bits per heavy atom. The Balaban J connectivity index is 0.00000118. The SMILES string of the molecule is Cc1cc(C(C)C)[n+](CCC(=O)Nc2ccc(S(=O)(=O)N=C(N)N)cc2)c(C(C)C)c1.[O-][Cl+3]([O-])([O-])[O-]. The van der Waals surface area contributed by atoms with Gasteiger partial charge in [-0.2, -0.15) is 13.0 Å². The maximum Gasteiger partial charge on any atom is 0.285 e. The largest absolute Gasteiger partial charge is 0.369 e. The van der Waals surface area contributed by atoms with Crippen LogP contribution in [-0.4, -0.2) is 20.3 Å². The van der Waals surface area contributed by atoms with Crippen LogP contribution in [0.15, 0.2) is 45.7 Å². The number of amides is 1. The van der Waals surface area contributed by atoms with Crippen molar-refractivity contribution in [2.45, 2.75) is 64.3 Å². The number of hydrogen-bond donors (Lipinski definition) is 3. The molecule has 1 aromatic heterocycles. The normalized spacial score (nSPS) is 11.6. The zero-order chi connectivity index (χ0) is 27.8. The minimum atomic E-state index is -4.94. The van der Waals surface area contributed by atoms with Crippen LogP contribution in [-0.2, 0) is 21.4 Å². The number of aromatic nitrogens is 1. The number of guanidine groups is 1. The number of hydrogen-bond acceptors (Lipinski definition) is 7. The highest BCUT2D eigenvalue weighted by Crippen LogP contribution is 2.19. The van der Waals surface area contributed by atoms with Crippen LogP contribution in [0.4, 0.5) is 5.69 Å². The van der Waals surface area contributed by atoms with E-state index < -0.39 is 26.2 Å². The summed E-state index contributed by atoms with van der Waals surface area (Å²) in [5.41, 5.74) is 14.4. The molecule has 0 fully saturated rings. The molecule has 0 radical (unpaired) electrons. The van der Waals surface area contributed by atoms with E-state index in [0.717, 1.165) is 0 Å². The molecule has 0 saturated carbocycles. The molecule has 2 aromatic rings. The summed E-state index contributed by atoms with van der Waals surface area (Å²) in [5, 5.41) is 2.81.